The molecule has 0 radical (unpaired) electrons. The van der Waals surface area contributed by atoms with E-state index in [1.165, 1.54) is 4.90 Å². The lowest BCUT2D eigenvalue weighted by Crippen LogP contribution is -2.60. The monoisotopic (exact) mass is 581 g/mol. The van der Waals surface area contributed by atoms with Gasteiger partial charge in [-0.15, -0.1) is 0 Å². The molecule has 0 aromatic carbocycles. The van der Waals surface area contributed by atoms with E-state index in [1.807, 2.05) is 13.8 Å². The number of alkyl carbamates (subject to hydrolysis) is 1. The lowest BCUT2D eigenvalue weighted by atomic mass is 9.85. The van der Waals surface area contributed by atoms with Gasteiger partial charge in [-0.25, -0.2) is 4.79 Å². The molecule has 2 aliphatic heterocycles. The van der Waals surface area contributed by atoms with Gasteiger partial charge in [0.15, 0.2) is 0 Å². The van der Waals surface area contributed by atoms with E-state index in [-0.39, 0.29) is 60.4 Å². The fourth-order valence-electron chi connectivity index (χ4n) is 6.84. The standard InChI is InChI=1S/C28H38F3N5O5/c1-24(2,3)19(34-23(40)41-27(8-9-27)28(29,30)31)22(39)36-13-16-17(25(16,4)5)18(36)21(38)33-15(12-32)10-14-11-26(6-7-26)35-20(14)37/h14-19H,6-11,13H2,1-5H3,(H,33,38)(H,34,40)(H,35,37)/t14-,15+,16+,17+,18+,19-/m1/s1. The number of nitrogens with zero attached hydrogens (tertiary/aromatic N) is 2. The van der Waals surface area contributed by atoms with Crippen molar-refractivity contribution in [2.24, 2.45) is 28.6 Å². The quantitative estimate of drug-likeness (QED) is 0.422. The molecule has 0 aromatic rings. The summed E-state index contributed by atoms with van der Waals surface area (Å²) in [7, 11) is 0. The molecular weight excluding hydrogens is 543 g/mol. The number of piperidine rings is 1. The Labute approximate surface area is 237 Å². The molecule has 3 saturated carbocycles. The van der Waals surface area contributed by atoms with Gasteiger partial charge >= 0.3 is 12.3 Å². The molecule has 3 aliphatic carbocycles. The highest BCUT2D eigenvalue weighted by molar-refractivity contribution is 5.93. The van der Waals surface area contributed by atoms with E-state index in [0.717, 1.165) is 12.8 Å². The summed E-state index contributed by atoms with van der Waals surface area (Å²) in [6, 6.07) is -1.06. The Kier molecular flexibility index (Phi) is 6.63. The third-order valence-electron chi connectivity index (χ3n) is 9.89. The van der Waals surface area contributed by atoms with E-state index in [0.29, 0.717) is 6.42 Å². The molecule has 0 aromatic heterocycles. The third kappa shape index (κ3) is 5.23. The second-order valence-corrected chi connectivity index (χ2v) is 14.3. The molecule has 5 aliphatic rings. The van der Waals surface area contributed by atoms with Gasteiger partial charge in [-0.1, -0.05) is 34.6 Å². The van der Waals surface area contributed by atoms with Crippen LogP contribution < -0.4 is 16.0 Å². The van der Waals surface area contributed by atoms with Crippen LogP contribution in [-0.2, 0) is 19.1 Å². The van der Waals surface area contributed by atoms with Crippen molar-refractivity contribution in [1.29, 1.82) is 5.26 Å². The van der Waals surface area contributed by atoms with Crippen molar-refractivity contribution in [3.8, 4) is 6.07 Å². The number of amides is 4. The highest BCUT2D eigenvalue weighted by Gasteiger charge is 2.70. The number of hydrogen-bond donors (Lipinski definition) is 3. The summed E-state index contributed by atoms with van der Waals surface area (Å²) in [6.45, 7) is 9.20. The SMILES string of the molecule is CC(C)(C)[C@H](NC(=O)OC1(C(F)(F)F)CC1)C(=O)N1C[C@H]2[C@@H]([C@H]1C(=O)N[C@H](C#N)C[C@@H]1CC3(CC3)NC1=O)C2(C)C. The normalized spacial score (nSPS) is 31.3. The Bertz CT molecular complexity index is 1200. The van der Waals surface area contributed by atoms with E-state index in [9.17, 15) is 37.6 Å². The van der Waals surface area contributed by atoms with Gasteiger partial charge in [0.05, 0.1) is 6.07 Å². The van der Waals surface area contributed by atoms with E-state index in [4.69, 9.17) is 4.74 Å². The molecule has 5 rings (SSSR count). The first-order chi connectivity index (χ1) is 18.8. The average Bonchev–Trinajstić information content (AvgIpc) is 3.78. The molecule has 5 fully saturated rings. The zero-order valence-corrected chi connectivity index (χ0v) is 24.0. The van der Waals surface area contributed by atoms with Crippen LogP contribution in [-0.4, -0.2) is 70.7 Å². The fraction of sp³-hybridized carbons (Fsp3) is 0.821. The van der Waals surface area contributed by atoms with E-state index in [1.54, 1.807) is 20.8 Å². The van der Waals surface area contributed by atoms with E-state index < -0.39 is 53.2 Å². The van der Waals surface area contributed by atoms with Crippen molar-refractivity contribution in [1.82, 2.24) is 20.9 Å². The number of fused-ring (bicyclic) bond motifs is 1. The smallest absolute Gasteiger partial charge is 0.428 e. The van der Waals surface area contributed by atoms with Gasteiger partial charge in [-0.2, -0.15) is 18.4 Å². The van der Waals surface area contributed by atoms with Crippen molar-refractivity contribution >= 4 is 23.8 Å². The molecule has 6 atom stereocenters. The van der Waals surface area contributed by atoms with Gasteiger partial charge < -0.3 is 25.6 Å². The summed E-state index contributed by atoms with van der Waals surface area (Å²) >= 11 is 0. The van der Waals surface area contributed by atoms with Crippen LogP contribution in [0.2, 0.25) is 0 Å². The number of carbonyl (C=O) groups is 4. The van der Waals surface area contributed by atoms with Crippen molar-refractivity contribution < 1.29 is 37.1 Å². The summed E-state index contributed by atoms with van der Waals surface area (Å²) in [4.78, 5) is 53.9. The van der Waals surface area contributed by atoms with Gasteiger partial charge in [0.25, 0.3) is 0 Å². The number of carbonyl (C=O) groups excluding carboxylic acids is 4. The van der Waals surface area contributed by atoms with Crippen LogP contribution in [0, 0.1) is 39.9 Å². The number of hydrogen-bond acceptors (Lipinski definition) is 6. The van der Waals surface area contributed by atoms with Gasteiger partial charge in [0, 0.05) is 30.8 Å². The van der Waals surface area contributed by atoms with E-state index >= 15 is 0 Å². The summed E-state index contributed by atoms with van der Waals surface area (Å²) in [6.07, 6.45) is -4.14. The van der Waals surface area contributed by atoms with Crippen LogP contribution in [0.4, 0.5) is 18.0 Å². The van der Waals surface area contributed by atoms with Crippen LogP contribution in [0.1, 0.15) is 73.1 Å². The number of likely N-dealkylation sites (tertiary alicyclic amines) is 1. The zero-order chi connectivity index (χ0) is 30.3. The van der Waals surface area contributed by atoms with Gasteiger partial charge in [0.1, 0.15) is 18.1 Å². The zero-order valence-electron chi connectivity index (χ0n) is 24.0. The van der Waals surface area contributed by atoms with Gasteiger partial charge in [0.2, 0.25) is 23.3 Å². The predicted molar refractivity (Wildman–Crippen MR) is 138 cm³/mol. The first-order valence-corrected chi connectivity index (χ1v) is 14.2. The molecule has 3 N–H and O–H groups in total. The Morgan fingerprint density at radius 2 is 1.78 bits per heavy atom. The van der Waals surface area contributed by atoms with Crippen molar-refractivity contribution in [3.63, 3.8) is 0 Å². The molecule has 2 saturated heterocycles. The first-order valence-electron chi connectivity index (χ1n) is 14.2. The van der Waals surface area contributed by atoms with Crippen LogP contribution >= 0.6 is 0 Å². The number of nitriles is 1. The lowest BCUT2D eigenvalue weighted by molar-refractivity contribution is -0.217. The minimum absolute atomic E-state index is 0.00519. The van der Waals surface area contributed by atoms with E-state index in [2.05, 4.69) is 22.0 Å². The number of alkyl halides is 3. The maximum Gasteiger partial charge on any atom is 0.428 e. The summed E-state index contributed by atoms with van der Waals surface area (Å²) in [5.74, 6) is -1.82. The number of nitrogens with one attached hydrogen (secondary N) is 3. The first kappa shape index (κ1) is 29.5. The van der Waals surface area contributed by atoms with Crippen LogP contribution in [0.25, 0.3) is 0 Å². The Hall–Kier alpha value is -3.04. The molecule has 10 nitrogen and oxygen atoms in total. The molecule has 41 heavy (non-hydrogen) atoms. The molecule has 4 amide bonds. The molecule has 13 heteroatoms. The number of ether oxygens (including phenoxy) is 1. The van der Waals surface area contributed by atoms with Crippen molar-refractivity contribution in [2.75, 3.05) is 6.54 Å². The van der Waals surface area contributed by atoms with Crippen LogP contribution in [0.3, 0.4) is 0 Å². The Morgan fingerprint density at radius 3 is 2.27 bits per heavy atom. The van der Waals surface area contributed by atoms with Gasteiger partial charge in [-0.3, -0.25) is 14.4 Å². The summed E-state index contributed by atoms with van der Waals surface area (Å²) in [5, 5.41) is 17.9. The predicted octanol–water partition coefficient (Wildman–Crippen LogP) is 2.77. The molecule has 226 valence electrons. The summed E-state index contributed by atoms with van der Waals surface area (Å²) < 4.78 is 44.8. The molecule has 2 heterocycles. The Balaban J connectivity index is 1.29. The van der Waals surface area contributed by atoms with Gasteiger partial charge in [-0.05, 0) is 48.3 Å². The lowest BCUT2D eigenvalue weighted by Gasteiger charge is -2.37. The molecule has 0 unspecified atom stereocenters. The third-order valence-corrected chi connectivity index (χ3v) is 9.89. The second kappa shape index (κ2) is 9.23. The molecule has 0 bridgehead atoms. The average molecular weight is 582 g/mol. The van der Waals surface area contributed by atoms with Crippen LogP contribution in [0.15, 0.2) is 0 Å². The maximum absolute atomic E-state index is 13.9. The maximum atomic E-state index is 13.9. The van der Waals surface area contributed by atoms with Crippen molar-refractivity contribution in [2.45, 2.75) is 109 Å². The van der Waals surface area contributed by atoms with Crippen molar-refractivity contribution in [3.05, 3.63) is 0 Å². The fourth-order valence-corrected chi connectivity index (χ4v) is 6.84. The second-order valence-electron chi connectivity index (χ2n) is 14.3. The van der Waals surface area contributed by atoms with Crippen LogP contribution in [0.5, 0.6) is 0 Å². The minimum Gasteiger partial charge on any atom is -0.433 e. The minimum atomic E-state index is -4.72. The highest BCUT2D eigenvalue weighted by Crippen LogP contribution is 2.65. The Morgan fingerprint density at radius 1 is 1.15 bits per heavy atom. The topological polar surface area (TPSA) is 141 Å². The highest BCUT2D eigenvalue weighted by atomic mass is 19.4. The summed E-state index contributed by atoms with van der Waals surface area (Å²) in [5.41, 5.74) is -3.86. The number of rotatable bonds is 7. The largest absolute Gasteiger partial charge is 0.433 e. The molecule has 1 spiro atoms. The molecular formula is C28H38F3N5O5. The number of halogens is 3.